The van der Waals surface area contributed by atoms with Crippen LogP contribution >= 0.6 is 0 Å². The number of nitrogen functional groups attached to an aromatic ring is 1. The molecule has 3 aromatic rings. The number of aliphatic imine (C=N–C) groups is 1. The first-order chi connectivity index (χ1) is 15.0. The number of hydrogen-bond acceptors (Lipinski definition) is 8. The zero-order valence-corrected chi connectivity index (χ0v) is 16.3. The number of alkyl halides is 2. The highest BCUT2D eigenvalue weighted by Crippen LogP contribution is 2.20. The minimum absolute atomic E-state index is 0.120. The van der Waals surface area contributed by atoms with Crippen molar-refractivity contribution in [2.75, 3.05) is 5.73 Å². The molecule has 0 fully saturated rings. The van der Waals surface area contributed by atoms with E-state index < -0.39 is 6.43 Å². The molecule has 4 heterocycles. The van der Waals surface area contributed by atoms with Gasteiger partial charge < -0.3 is 10.5 Å². The second kappa shape index (κ2) is 8.64. The van der Waals surface area contributed by atoms with Crippen LogP contribution in [0.25, 0.3) is 11.5 Å². The van der Waals surface area contributed by atoms with Crippen LogP contribution in [0.4, 0.5) is 14.7 Å². The zero-order chi connectivity index (χ0) is 21.8. The van der Waals surface area contributed by atoms with Crippen molar-refractivity contribution >= 4 is 17.5 Å². The van der Waals surface area contributed by atoms with E-state index in [0.29, 0.717) is 34.2 Å². The molecule has 0 bridgehead atoms. The molecule has 4 rings (SSSR count). The molecule has 0 radical (unpaired) electrons. The molecule has 2 N–H and O–H groups in total. The van der Waals surface area contributed by atoms with Crippen LogP contribution in [0.5, 0.6) is 0 Å². The van der Waals surface area contributed by atoms with E-state index in [2.05, 4.69) is 36.1 Å². The minimum atomic E-state index is -2.59. The second-order valence-electron chi connectivity index (χ2n) is 6.41. The van der Waals surface area contributed by atoms with Crippen molar-refractivity contribution in [1.29, 1.82) is 0 Å². The Labute approximate surface area is 175 Å². The molecule has 3 aromatic heterocycles. The van der Waals surface area contributed by atoms with Gasteiger partial charge in [-0.25, -0.2) is 28.7 Å². The van der Waals surface area contributed by atoms with E-state index in [0.717, 1.165) is 6.20 Å². The van der Waals surface area contributed by atoms with Gasteiger partial charge in [0.15, 0.2) is 5.82 Å². The quantitative estimate of drug-likeness (QED) is 0.649. The Hall–Kier alpha value is -4.24. The summed E-state index contributed by atoms with van der Waals surface area (Å²) in [4.78, 5) is 16.2. The van der Waals surface area contributed by atoms with Gasteiger partial charge in [0.1, 0.15) is 18.1 Å². The lowest BCUT2D eigenvalue weighted by molar-refractivity contribution is 0.151. The number of pyridine rings is 1. The molecule has 156 valence electrons. The van der Waals surface area contributed by atoms with Gasteiger partial charge in [-0.3, -0.25) is 0 Å². The summed E-state index contributed by atoms with van der Waals surface area (Å²) in [6, 6.07) is 2.76. The van der Waals surface area contributed by atoms with Crippen molar-refractivity contribution in [2.45, 2.75) is 20.0 Å². The minimum Gasteiger partial charge on any atom is -0.487 e. The number of aryl methyl sites for hydroxylation is 1. The highest BCUT2D eigenvalue weighted by molar-refractivity contribution is 5.75. The standard InChI is InChI=1S/C20H16F2N8O/c1-12-17(30(29-28-12)18-5-2-13(8-25-18)19(21)22)11-31-15-3-4-16(24-7-6-15)14-9-26-20(23)27-10-14/h2-6,8-10,19H,11H2,1H3,(H2,23,26,27). The van der Waals surface area contributed by atoms with Crippen LogP contribution in [0.2, 0.25) is 0 Å². The Balaban J connectivity index is 1.52. The van der Waals surface area contributed by atoms with Gasteiger partial charge in [0.05, 0.1) is 11.4 Å². The van der Waals surface area contributed by atoms with Crippen LogP contribution in [0, 0.1) is 6.92 Å². The van der Waals surface area contributed by atoms with E-state index in [1.165, 1.54) is 16.8 Å². The number of allylic oxidation sites excluding steroid dienone is 3. The number of hydrogen-bond donors (Lipinski definition) is 1. The molecule has 31 heavy (non-hydrogen) atoms. The van der Waals surface area contributed by atoms with E-state index in [1.807, 2.05) is 0 Å². The Morgan fingerprint density at radius 2 is 1.94 bits per heavy atom. The largest absolute Gasteiger partial charge is 0.487 e. The van der Waals surface area contributed by atoms with Crippen molar-refractivity contribution in [3.05, 3.63) is 77.2 Å². The number of halogens is 2. The number of ether oxygens (including phenoxy) is 1. The SMILES string of the molecule is Cc1nnn(-c2ccc(C(F)F)cn2)c1COC1=CC=C(c2cnc(N)nc2)N=C=C1. The Bertz CT molecular complexity index is 1210. The van der Waals surface area contributed by atoms with E-state index in [-0.39, 0.29) is 18.1 Å². The molecule has 1 aliphatic heterocycles. The predicted octanol–water partition coefficient (Wildman–Crippen LogP) is 2.96. The number of nitrogens with two attached hydrogens (primary N) is 1. The van der Waals surface area contributed by atoms with Gasteiger partial charge >= 0.3 is 0 Å². The van der Waals surface area contributed by atoms with E-state index in [1.54, 1.807) is 37.5 Å². The van der Waals surface area contributed by atoms with Crippen molar-refractivity contribution in [3.8, 4) is 5.82 Å². The third-order valence-corrected chi connectivity index (χ3v) is 4.34. The average molecular weight is 422 g/mol. The summed E-state index contributed by atoms with van der Waals surface area (Å²) in [6.07, 6.45) is 6.72. The van der Waals surface area contributed by atoms with Crippen molar-refractivity contribution in [3.63, 3.8) is 0 Å². The Morgan fingerprint density at radius 3 is 2.65 bits per heavy atom. The lowest BCUT2D eigenvalue weighted by atomic mass is 10.2. The molecular weight excluding hydrogens is 406 g/mol. The first-order valence-corrected chi connectivity index (χ1v) is 9.09. The Morgan fingerprint density at radius 1 is 1.13 bits per heavy atom. The highest BCUT2D eigenvalue weighted by atomic mass is 19.3. The summed E-state index contributed by atoms with van der Waals surface area (Å²) in [5, 5.41) is 8.07. The molecule has 0 aromatic carbocycles. The van der Waals surface area contributed by atoms with Gasteiger partial charge in [0.2, 0.25) is 5.95 Å². The summed E-state index contributed by atoms with van der Waals surface area (Å²) in [5.41, 5.74) is 7.88. The lowest BCUT2D eigenvalue weighted by Gasteiger charge is -2.09. The lowest BCUT2D eigenvalue weighted by Crippen LogP contribution is -2.07. The third-order valence-electron chi connectivity index (χ3n) is 4.34. The zero-order valence-electron chi connectivity index (χ0n) is 16.3. The highest BCUT2D eigenvalue weighted by Gasteiger charge is 2.15. The summed E-state index contributed by atoms with van der Waals surface area (Å²) in [5.74, 6) is 3.84. The molecule has 0 unspecified atom stereocenters. The summed E-state index contributed by atoms with van der Waals surface area (Å²) >= 11 is 0. The number of rotatable bonds is 6. The van der Waals surface area contributed by atoms with Crippen molar-refractivity contribution in [1.82, 2.24) is 29.9 Å². The van der Waals surface area contributed by atoms with Gasteiger partial charge in [0.25, 0.3) is 6.43 Å². The third kappa shape index (κ3) is 4.51. The number of aromatic nitrogens is 6. The van der Waals surface area contributed by atoms with Gasteiger partial charge in [-0.15, -0.1) is 5.10 Å². The fourth-order valence-corrected chi connectivity index (χ4v) is 2.66. The van der Waals surface area contributed by atoms with Crippen LogP contribution in [-0.2, 0) is 11.3 Å². The second-order valence-corrected chi connectivity index (χ2v) is 6.41. The summed E-state index contributed by atoms with van der Waals surface area (Å²) in [6.45, 7) is 1.89. The van der Waals surface area contributed by atoms with Crippen LogP contribution in [0.3, 0.4) is 0 Å². The van der Waals surface area contributed by atoms with E-state index in [4.69, 9.17) is 10.5 Å². The molecule has 0 aliphatic carbocycles. The number of nitrogens with zero attached hydrogens (tertiary/aromatic N) is 7. The summed E-state index contributed by atoms with van der Waals surface area (Å²) < 4.78 is 32.8. The molecule has 0 saturated carbocycles. The first kappa shape index (κ1) is 20.0. The topological polar surface area (TPSA) is 117 Å². The monoisotopic (exact) mass is 422 g/mol. The molecule has 9 nitrogen and oxygen atoms in total. The molecule has 0 saturated heterocycles. The van der Waals surface area contributed by atoms with Gasteiger partial charge in [0, 0.05) is 35.8 Å². The predicted molar refractivity (Wildman–Crippen MR) is 108 cm³/mol. The maximum atomic E-state index is 12.8. The molecular formula is C20H16F2N8O. The van der Waals surface area contributed by atoms with E-state index >= 15 is 0 Å². The fraction of sp³-hybridized carbons (Fsp3) is 0.150. The number of anilines is 1. The van der Waals surface area contributed by atoms with Crippen LogP contribution in [0.1, 0.15) is 28.9 Å². The maximum Gasteiger partial charge on any atom is 0.265 e. The molecule has 11 heteroatoms. The van der Waals surface area contributed by atoms with Crippen LogP contribution in [0.15, 0.2) is 59.7 Å². The maximum absolute atomic E-state index is 12.8. The van der Waals surface area contributed by atoms with Gasteiger partial charge in [-0.2, -0.15) is 4.68 Å². The summed E-state index contributed by atoms with van der Waals surface area (Å²) in [7, 11) is 0. The van der Waals surface area contributed by atoms with Crippen molar-refractivity contribution in [2.24, 2.45) is 4.99 Å². The van der Waals surface area contributed by atoms with Gasteiger partial charge in [-0.05, 0) is 37.1 Å². The fourth-order valence-electron chi connectivity index (χ4n) is 2.66. The van der Waals surface area contributed by atoms with Crippen molar-refractivity contribution < 1.29 is 13.5 Å². The normalized spacial score (nSPS) is 13.2. The van der Waals surface area contributed by atoms with Gasteiger partial charge in [-0.1, -0.05) is 5.21 Å². The molecule has 1 aliphatic rings. The molecule has 0 amide bonds. The molecule has 0 spiro atoms. The van der Waals surface area contributed by atoms with Crippen LogP contribution < -0.4 is 5.73 Å². The Kier molecular flexibility index (Phi) is 5.59. The smallest absolute Gasteiger partial charge is 0.265 e. The van der Waals surface area contributed by atoms with E-state index in [9.17, 15) is 8.78 Å². The van der Waals surface area contributed by atoms with Crippen LogP contribution in [-0.4, -0.2) is 35.8 Å². The average Bonchev–Trinajstić information content (AvgIpc) is 2.98. The first-order valence-electron chi connectivity index (χ1n) is 9.09. The molecule has 0 atom stereocenters.